The molecule has 0 amide bonds. The van der Waals surface area contributed by atoms with E-state index in [1.165, 1.54) is 0 Å². The Morgan fingerprint density at radius 3 is 3.00 bits per heavy atom. The summed E-state index contributed by atoms with van der Waals surface area (Å²) in [5, 5.41) is 10.2. The average molecular weight is 254 g/mol. The zero-order valence-corrected chi connectivity index (χ0v) is 11.0. The lowest BCUT2D eigenvalue weighted by molar-refractivity contribution is 0.689. The molecule has 86 valence electrons. The van der Waals surface area contributed by atoms with Gasteiger partial charge in [-0.05, 0) is 25.6 Å². The van der Waals surface area contributed by atoms with Gasteiger partial charge in [-0.15, -0.1) is 11.3 Å². The molecule has 4 nitrogen and oxygen atoms in total. The molecule has 0 radical (unpaired) electrons. The summed E-state index contributed by atoms with van der Waals surface area (Å²) >= 11 is 6.88. The van der Waals surface area contributed by atoms with Crippen molar-refractivity contribution in [1.29, 1.82) is 0 Å². The van der Waals surface area contributed by atoms with Gasteiger partial charge in [-0.2, -0.15) is 5.10 Å². The van der Waals surface area contributed by atoms with Gasteiger partial charge in [0.1, 0.15) is 5.82 Å². The monoisotopic (exact) mass is 254 g/mol. The van der Waals surface area contributed by atoms with Crippen LogP contribution in [0, 0.1) is 11.7 Å². The quantitative estimate of drug-likeness (QED) is 0.853. The van der Waals surface area contributed by atoms with Gasteiger partial charge in [-0.1, -0.05) is 6.92 Å². The van der Waals surface area contributed by atoms with Crippen molar-refractivity contribution in [3.05, 3.63) is 26.7 Å². The Labute approximate surface area is 103 Å². The highest BCUT2D eigenvalue weighted by Gasteiger charge is 2.07. The molecule has 0 saturated carbocycles. The van der Waals surface area contributed by atoms with Crippen molar-refractivity contribution in [2.45, 2.75) is 33.2 Å². The molecular weight excluding hydrogens is 240 g/mol. The molecule has 16 heavy (non-hydrogen) atoms. The minimum absolute atomic E-state index is 0.675. The van der Waals surface area contributed by atoms with E-state index in [1.54, 1.807) is 11.3 Å². The Hall–Kier alpha value is -1.01. The fourth-order valence-corrected chi connectivity index (χ4v) is 2.39. The molecule has 0 aromatic carbocycles. The van der Waals surface area contributed by atoms with E-state index in [9.17, 15) is 0 Å². The van der Waals surface area contributed by atoms with E-state index < -0.39 is 0 Å². The fraction of sp³-hybridized carbons (Fsp3) is 0.500. The standard InChI is InChI=1S/C10H14N4S2/c1-3-4-9-12-13-10(15)14(9)5-8-6-16-7(2)11-8/h6H,3-5H2,1-2H3,(H,13,15). The summed E-state index contributed by atoms with van der Waals surface area (Å²) in [5.41, 5.74) is 1.05. The van der Waals surface area contributed by atoms with Crippen molar-refractivity contribution in [2.24, 2.45) is 0 Å². The highest BCUT2D eigenvalue weighted by atomic mass is 32.1. The molecule has 0 fully saturated rings. The smallest absolute Gasteiger partial charge is 0.195 e. The van der Waals surface area contributed by atoms with Crippen LogP contribution < -0.4 is 0 Å². The van der Waals surface area contributed by atoms with Crippen molar-refractivity contribution < 1.29 is 0 Å². The van der Waals surface area contributed by atoms with Gasteiger partial charge in [0.15, 0.2) is 4.77 Å². The highest BCUT2D eigenvalue weighted by molar-refractivity contribution is 7.71. The minimum atomic E-state index is 0.675. The maximum absolute atomic E-state index is 5.21. The van der Waals surface area contributed by atoms with Crippen LogP contribution in [0.1, 0.15) is 29.9 Å². The molecule has 0 spiro atoms. The van der Waals surface area contributed by atoms with E-state index in [4.69, 9.17) is 12.2 Å². The van der Waals surface area contributed by atoms with Crippen LogP contribution in [0.3, 0.4) is 0 Å². The average Bonchev–Trinajstić information content (AvgIpc) is 2.79. The normalized spacial score (nSPS) is 10.9. The summed E-state index contributed by atoms with van der Waals surface area (Å²) in [5.74, 6) is 1.01. The van der Waals surface area contributed by atoms with Crippen LogP contribution in [-0.2, 0) is 13.0 Å². The zero-order chi connectivity index (χ0) is 11.5. The Morgan fingerprint density at radius 2 is 2.38 bits per heavy atom. The summed E-state index contributed by atoms with van der Waals surface area (Å²) in [6.07, 6.45) is 2.01. The van der Waals surface area contributed by atoms with Gasteiger partial charge in [-0.3, -0.25) is 9.67 Å². The number of nitrogens with one attached hydrogen (secondary N) is 1. The van der Waals surface area contributed by atoms with Crippen LogP contribution in [0.4, 0.5) is 0 Å². The summed E-state index contributed by atoms with van der Waals surface area (Å²) in [6.45, 7) is 4.86. The van der Waals surface area contributed by atoms with Gasteiger partial charge in [0.05, 0.1) is 17.2 Å². The third-order valence-corrected chi connectivity index (χ3v) is 3.43. The predicted molar refractivity (Wildman–Crippen MR) is 67.4 cm³/mol. The number of H-pyrrole nitrogens is 1. The van der Waals surface area contributed by atoms with Crippen LogP contribution in [0.5, 0.6) is 0 Å². The number of thiazole rings is 1. The van der Waals surface area contributed by atoms with Crippen molar-refractivity contribution in [1.82, 2.24) is 19.7 Å². The topological polar surface area (TPSA) is 46.5 Å². The molecule has 0 atom stereocenters. The molecule has 0 aliphatic rings. The molecule has 0 bridgehead atoms. The largest absolute Gasteiger partial charge is 0.298 e. The Morgan fingerprint density at radius 1 is 1.56 bits per heavy atom. The second-order valence-corrected chi connectivity index (χ2v) is 5.09. The van der Waals surface area contributed by atoms with E-state index in [-0.39, 0.29) is 0 Å². The predicted octanol–water partition coefficient (Wildman–Crippen LogP) is 2.71. The zero-order valence-electron chi connectivity index (χ0n) is 9.36. The maximum atomic E-state index is 5.21. The molecule has 2 aromatic heterocycles. The number of aryl methyl sites for hydroxylation is 2. The molecule has 0 unspecified atom stereocenters. The molecule has 2 heterocycles. The first kappa shape index (κ1) is 11.5. The third-order valence-electron chi connectivity index (χ3n) is 2.30. The van der Waals surface area contributed by atoms with Gasteiger partial charge < -0.3 is 0 Å². The Balaban J connectivity index is 2.26. The first-order valence-corrected chi connectivity index (χ1v) is 6.54. The van der Waals surface area contributed by atoms with Gasteiger partial charge >= 0.3 is 0 Å². The first-order valence-electron chi connectivity index (χ1n) is 5.25. The first-order chi connectivity index (χ1) is 7.70. The Kier molecular flexibility index (Phi) is 3.50. The molecule has 2 rings (SSSR count). The second-order valence-electron chi connectivity index (χ2n) is 3.64. The molecular formula is C10H14N4S2. The van der Waals surface area contributed by atoms with Gasteiger partial charge in [0.2, 0.25) is 0 Å². The van der Waals surface area contributed by atoms with Crippen LogP contribution >= 0.6 is 23.6 Å². The second kappa shape index (κ2) is 4.88. The van der Waals surface area contributed by atoms with Crippen molar-refractivity contribution >= 4 is 23.6 Å². The number of rotatable bonds is 4. The van der Waals surface area contributed by atoms with Crippen molar-refractivity contribution in [3.8, 4) is 0 Å². The fourth-order valence-electron chi connectivity index (χ4n) is 1.57. The SMILES string of the molecule is CCCc1n[nH]c(=S)n1Cc1csc(C)n1. The third kappa shape index (κ3) is 2.38. The highest BCUT2D eigenvalue weighted by Crippen LogP contribution is 2.11. The molecule has 0 aliphatic carbocycles. The lowest BCUT2D eigenvalue weighted by atomic mass is 10.3. The molecule has 0 saturated heterocycles. The van der Waals surface area contributed by atoms with Gasteiger partial charge in [0.25, 0.3) is 0 Å². The lowest BCUT2D eigenvalue weighted by Gasteiger charge is -2.03. The van der Waals surface area contributed by atoms with Gasteiger partial charge in [-0.25, -0.2) is 4.98 Å². The summed E-state index contributed by atoms with van der Waals surface area (Å²) in [7, 11) is 0. The van der Waals surface area contributed by atoms with Crippen LogP contribution in [-0.4, -0.2) is 19.7 Å². The van der Waals surface area contributed by atoms with E-state index >= 15 is 0 Å². The molecule has 1 N–H and O–H groups in total. The van der Waals surface area contributed by atoms with E-state index in [1.807, 2.05) is 11.5 Å². The van der Waals surface area contributed by atoms with Crippen LogP contribution in [0.15, 0.2) is 5.38 Å². The van der Waals surface area contributed by atoms with E-state index in [0.29, 0.717) is 4.77 Å². The van der Waals surface area contributed by atoms with Crippen LogP contribution in [0.2, 0.25) is 0 Å². The summed E-state index contributed by atoms with van der Waals surface area (Å²) in [4.78, 5) is 4.44. The minimum Gasteiger partial charge on any atom is -0.298 e. The molecule has 2 aromatic rings. The summed E-state index contributed by atoms with van der Waals surface area (Å²) in [6, 6.07) is 0. The number of hydrogen-bond donors (Lipinski definition) is 1. The van der Waals surface area contributed by atoms with E-state index in [2.05, 4.69) is 27.5 Å². The summed E-state index contributed by atoms with van der Waals surface area (Å²) < 4.78 is 2.70. The Bertz CT molecular complexity index is 523. The lowest BCUT2D eigenvalue weighted by Crippen LogP contribution is -2.05. The number of aromatic amines is 1. The number of nitrogens with zero attached hydrogens (tertiary/aromatic N) is 3. The number of hydrogen-bond acceptors (Lipinski definition) is 4. The van der Waals surface area contributed by atoms with E-state index in [0.717, 1.165) is 35.9 Å². The van der Waals surface area contributed by atoms with Gasteiger partial charge in [0, 0.05) is 11.8 Å². The molecule has 0 aliphatic heterocycles. The van der Waals surface area contributed by atoms with Crippen molar-refractivity contribution in [2.75, 3.05) is 0 Å². The maximum Gasteiger partial charge on any atom is 0.195 e. The number of aromatic nitrogens is 4. The van der Waals surface area contributed by atoms with Crippen LogP contribution in [0.25, 0.3) is 0 Å². The molecule has 6 heteroatoms. The van der Waals surface area contributed by atoms with Crippen molar-refractivity contribution in [3.63, 3.8) is 0 Å².